The molecule has 0 aliphatic heterocycles. The average molecular weight is 185 g/mol. The molecule has 1 rings (SSSR count). The molecule has 1 aliphatic carbocycles. The number of rotatable bonds is 1. The number of carboxylic acid groups (broad SMARTS) is 1. The monoisotopic (exact) mass is 185 g/mol. The Morgan fingerprint density at radius 2 is 1.69 bits per heavy atom. The zero-order valence-electron chi connectivity index (χ0n) is 8.85. The van der Waals surface area contributed by atoms with Gasteiger partial charge < -0.3 is 10.8 Å². The van der Waals surface area contributed by atoms with Crippen molar-refractivity contribution < 1.29 is 9.90 Å². The van der Waals surface area contributed by atoms with E-state index in [1.165, 1.54) is 0 Å². The highest BCUT2D eigenvalue weighted by Gasteiger charge is 2.60. The first-order chi connectivity index (χ1) is 5.65. The molecule has 0 unspecified atom stereocenters. The minimum atomic E-state index is -0.730. The summed E-state index contributed by atoms with van der Waals surface area (Å²) in [6.07, 6.45) is 1.45. The Labute approximate surface area is 79.3 Å². The highest BCUT2D eigenvalue weighted by molar-refractivity contribution is 5.76. The number of hydrogen-bond donors (Lipinski definition) is 2. The lowest BCUT2D eigenvalue weighted by Gasteiger charge is -2.42. The highest BCUT2D eigenvalue weighted by Crippen LogP contribution is 2.56. The van der Waals surface area contributed by atoms with E-state index < -0.39 is 11.4 Å². The lowest BCUT2D eigenvalue weighted by molar-refractivity contribution is -0.154. The summed E-state index contributed by atoms with van der Waals surface area (Å²) in [4.78, 5) is 11.2. The van der Waals surface area contributed by atoms with Gasteiger partial charge in [-0.25, -0.2) is 0 Å². The van der Waals surface area contributed by atoms with Crippen molar-refractivity contribution in [2.75, 3.05) is 0 Å². The van der Waals surface area contributed by atoms with Crippen LogP contribution in [0.1, 0.15) is 40.5 Å². The van der Waals surface area contributed by atoms with E-state index in [-0.39, 0.29) is 11.0 Å². The Morgan fingerprint density at radius 3 is 1.85 bits per heavy atom. The molecule has 1 fully saturated rings. The van der Waals surface area contributed by atoms with Gasteiger partial charge in [0.05, 0.1) is 5.41 Å². The third-order valence-electron chi connectivity index (χ3n) is 4.42. The van der Waals surface area contributed by atoms with Crippen molar-refractivity contribution in [1.29, 1.82) is 0 Å². The topological polar surface area (TPSA) is 63.3 Å². The van der Waals surface area contributed by atoms with Gasteiger partial charge in [0, 0.05) is 5.54 Å². The van der Waals surface area contributed by atoms with Crippen LogP contribution in [0.4, 0.5) is 0 Å². The number of hydrogen-bond acceptors (Lipinski definition) is 2. The summed E-state index contributed by atoms with van der Waals surface area (Å²) < 4.78 is 0. The van der Waals surface area contributed by atoms with Crippen molar-refractivity contribution in [2.45, 2.75) is 46.1 Å². The predicted octanol–water partition coefficient (Wildman–Crippen LogP) is 1.61. The van der Waals surface area contributed by atoms with Crippen molar-refractivity contribution in [2.24, 2.45) is 16.6 Å². The van der Waals surface area contributed by atoms with Gasteiger partial charge >= 0.3 is 5.97 Å². The quantitative estimate of drug-likeness (QED) is 0.652. The van der Waals surface area contributed by atoms with Gasteiger partial charge in [-0.15, -0.1) is 0 Å². The van der Waals surface area contributed by atoms with Crippen LogP contribution in [0.2, 0.25) is 0 Å². The molecule has 1 saturated carbocycles. The minimum Gasteiger partial charge on any atom is -0.481 e. The molecule has 0 bridgehead atoms. The van der Waals surface area contributed by atoms with Crippen molar-refractivity contribution in [3.8, 4) is 0 Å². The van der Waals surface area contributed by atoms with E-state index in [0.717, 1.165) is 6.42 Å². The zero-order chi connectivity index (χ0) is 10.5. The maximum absolute atomic E-state index is 11.2. The van der Waals surface area contributed by atoms with Gasteiger partial charge in [0.15, 0.2) is 0 Å². The number of carboxylic acids is 1. The van der Waals surface area contributed by atoms with Crippen molar-refractivity contribution >= 4 is 5.97 Å². The maximum atomic E-state index is 11.2. The van der Waals surface area contributed by atoms with Crippen LogP contribution in [0.3, 0.4) is 0 Å². The van der Waals surface area contributed by atoms with E-state index in [1.807, 2.05) is 20.8 Å². The fraction of sp³-hybridized carbons (Fsp3) is 0.900. The fourth-order valence-corrected chi connectivity index (χ4v) is 2.14. The molecule has 0 heterocycles. The number of nitrogens with two attached hydrogens (primary N) is 1. The summed E-state index contributed by atoms with van der Waals surface area (Å²) in [5, 5.41) is 9.18. The lowest BCUT2D eigenvalue weighted by atomic mass is 9.63. The molecule has 0 aromatic heterocycles. The molecule has 0 radical (unpaired) electrons. The van der Waals surface area contributed by atoms with Crippen LogP contribution < -0.4 is 5.73 Å². The molecular weight excluding hydrogens is 166 g/mol. The lowest BCUT2D eigenvalue weighted by Crippen LogP contribution is -2.53. The summed E-state index contributed by atoms with van der Waals surface area (Å²) in [5.41, 5.74) is 4.69. The first kappa shape index (κ1) is 10.5. The Balaban J connectivity index is 3.14. The van der Waals surface area contributed by atoms with Crippen molar-refractivity contribution in [3.63, 3.8) is 0 Å². The molecule has 3 nitrogen and oxygen atoms in total. The summed E-state index contributed by atoms with van der Waals surface area (Å²) in [6.45, 7) is 7.65. The largest absolute Gasteiger partial charge is 0.481 e. The van der Waals surface area contributed by atoms with Crippen LogP contribution in [0.25, 0.3) is 0 Å². The van der Waals surface area contributed by atoms with Gasteiger partial charge in [-0.2, -0.15) is 0 Å². The van der Waals surface area contributed by atoms with Gasteiger partial charge in [0.2, 0.25) is 0 Å². The number of aliphatic carboxylic acids is 1. The molecule has 0 aromatic carbocycles. The van der Waals surface area contributed by atoms with Gasteiger partial charge in [-0.3, -0.25) is 4.79 Å². The minimum absolute atomic E-state index is 0.355. The van der Waals surface area contributed by atoms with Crippen LogP contribution in [-0.2, 0) is 4.79 Å². The molecule has 0 amide bonds. The normalized spacial score (nSPS) is 43.5. The first-order valence-corrected chi connectivity index (χ1v) is 4.67. The van der Waals surface area contributed by atoms with Crippen LogP contribution in [0.15, 0.2) is 0 Å². The Kier molecular flexibility index (Phi) is 2.00. The van der Waals surface area contributed by atoms with E-state index >= 15 is 0 Å². The third-order valence-corrected chi connectivity index (χ3v) is 4.42. The molecule has 2 atom stereocenters. The molecule has 0 spiro atoms. The average Bonchev–Trinajstić information content (AvgIpc) is 2.12. The van der Waals surface area contributed by atoms with E-state index in [0.29, 0.717) is 6.42 Å². The summed E-state index contributed by atoms with van der Waals surface area (Å²) in [6, 6.07) is 0. The molecule has 0 aromatic rings. The van der Waals surface area contributed by atoms with E-state index in [9.17, 15) is 9.90 Å². The standard InChI is InChI=1S/C10H19NO2/c1-8(2)9(3,7(12)13)5-6-10(8,4)11/h5-6,11H2,1-4H3,(H,12,13)/t9-,10-/m1/s1. The Bertz CT molecular complexity index is 245. The second-order valence-electron chi connectivity index (χ2n) is 5.18. The van der Waals surface area contributed by atoms with Crippen LogP contribution >= 0.6 is 0 Å². The zero-order valence-corrected chi connectivity index (χ0v) is 8.85. The van der Waals surface area contributed by atoms with Gasteiger partial charge in [0.1, 0.15) is 0 Å². The fourth-order valence-electron chi connectivity index (χ4n) is 2.14. The smallest absolute Gasteiger partial charge is 0.309 e. The SMILES string of the molecule is CC1(C)[C@](C)(N)CC[C@]1(C)C(=O)O. The van der Waals surface area contributed by atoms with Crippen molar-refractivity contribution in [3.05, 3.63) is 0 Å². The molecular formula is C10H19NO2. The van der Waals surface area contributed by atoms with Gasteiger partial charge in [-0.1, -0.05) is 13.8 Å². The second kappa shape index (κ2) is 2.47. The summed E-state index contributed by atoms with van der Waals surface area (Å²) >= 11 is 0. The predicted molar refractivity (Wildman–Crippen MR) is 51.4 cm³/mol. The number of carbonyl (C=O) groups is 1. The van der Waals surface area contributed by atoms with E-state index in [1.54, 1.807) is 6.92 Å². The van der Waals surface area contributed by atoms with Gasteiger partial charge in [0.25, 0.3) is 0 Å². The molecule has 1 aliphatic rings. The van der Waals surface area contributed by atoms with Crippen LogP contribution in [0, 0.1) is 10.8 Å². The molecule has 76 valence electrons. The van der Waals surface area contributed by atoms with Crippen LogP contribution in [0.5, 0.6) is 0 Å². The van der Waals surface area contributed by atoms with E-state index in [2.05, 4.69) is 0 Å². The van der Waals surface area contributed by atoms with E-state index in [4.69, 9.17) is 5.73 Å². The summed E-state index contributed by atoms with van der Waals surface area (Å²) in [7, 11) is 0. The molecule has 3 heteroatoms. The van der Waals surface area contributed by atoms with Crippen LogP contribution in [-0.4, -0.2) is 16.6 Å². The molecule has 3 N–H and O–H groups in total. The molecule has 13 heavy (non-hydrogen) atoms. The Hall–Kier alpha value is -0.570. The Morgan fingerprint density at radius 1 is 1.23 bits per heavy atom. The first-order valence-electron chi connectivity index (χ1n) is 4.67. The van der Waals surface area contributed by atoms with Crippen molar-refractivity contribution in [1.82, 2.24) is 0 Å². The summed E-state index contributed by atoms with van der Waals surface area (Å²) in [5.74, 6) is -0.730. The maximum Gasteiger partial charge on any atom is 0.309 e. The second-order valence-corrected chi connectivity index (χ2v) is 5.18. The third kappa shape index (κ3) is 1.10. The molecule has 0 saturated heterocycles. The van der Waals surface area contributed by atoms with Gasteiger partial charge in [-0.05, 0) is 32.1 Å². The highest BCUT2D eigenvalue weighted by atomic mass is 16.4.